The predicted molar refractivity (Wildman–Crippen MR) is 88.2 cm³/mol. The predicted octanol–water partition coefficient (Wildman–Crippen LogP) is 2.87. The van der Waals surface area contributed by atoms with Crippen molar-refractivity contribution < 1.29 is 45.0 Å². The van der Waals surface area contributed by atoms with Crippen molar-refractivity contribution in [2.45, 2.75) is 37.1 Å². The fraction of sp³-hybridized carbons (Fsp3) is 1.00. The zero-order valence-corrected chi connectivity index (χ0v) is 17.4. The first-order chi connectivity index (χ1) is 11.5. The summed E-state index contributed by atoms with van der Waals surface area (Å²) in [5.74, 6) is 0. The van der Waals surface area contributed by atoms with Crippen LogP contribution in [0.15, 0.2) is 0 Å². The van der Waals surface area contributed by atoms with Gasteiger partial charge in [0, 0.05) is 0 Å². The van der Waals surface area contributed by atoms with E-state index >= 15 is 0 Å². The Morgan fingerprint density at radius 1 is 0.542 bits per heavy atom. The van der Waals surface area contributed by atoms with E-state index in [-0.39, 0.29) is 22.7 Å². The van der Waals surface area contributed by atoms with Gasteiger partial charge in [-0.15, -0.1) is 0 Å². The molecule has 0 aromatic heterocycles. The summed E-state index contributed by atoms with van der Waals surface area (Å²) in [6.45, 7) is 11.8. The van der Waals surface area contributed by atoms with Gasteiger partial charge in [0.05, 0.1) is 0 Å². The normalized spacial score (nSPS) is 12.7. The molecule has 146 valence electrons. The van der Waals surface area contributed by atoms with Crippen molar-refractivity contribution in [1.82, 2.24) is 0 Å². The van der Waals surface area contributed by atoms with E-state index in [2.05, 4.69) is 0 Å². The number of ether oxygens (including phenoxy) is 4. The van der Waals surface area contributed by atoms with Gasteiger partial charge in [-0.2, -0.15) is 0 Å². The summed E-state index contributed by atoms with van der Waals surface area (Å²) < 4.78 is 47.5. The van der Waals surface area contributed by atoms with Gasteiger partial charge < -0.3 is 0 Å². The van der Waals surface area contributed by atoms with Crippen LogP contribution in [0, 0.1) is 0 Å². The second-order valence-electron chi connectivity index (χ2n) is 5.35. The molecule has 0 aliphatic heterocycles. The monoisotopic (exact) mass is 388 g/mol. The molecule has 0 amide bonds. The fourth-order valence-electron chi connectivity index (χ4n) is 2.23. The van der Waals surface area contributed by atoms with Crippen LogP contribution in [0.3, 0.4) is 0 Å². The third-order valence-electron chi connectivity index (χ3n) is 3.58. The van der Waals surface area contributed by atoms with E-state index in [1.807, 2.05) is 27.7 Å². The molecule has 0 fully saturated rings. The van der Waals surface area contributed by atoms with Crippen molar-refractivity contribution in [3.63, 3.8) is 0 Å². The zero-order chi connectivity index (χ0) is 18.2. The maximum absolute atomic E-state index is 13.8. The SMILES string of the molecule is CCOCC[O][Ti](=[O])([CH2]COCC)([CH2]COCC)[O]CCOCC. The van der Waals surface area contributed by atoms with Gasteiger partial charge in [0.25, 0.3) is 0 Å². The summed E-state index contributed by atoms with van der Waals surface area (Å²) in [6.07, 6.45) is 0. The molecule has 0 aliphatic rings. The van der Waals surface area contributed by atoms with Crippen LogP contribution in [0.1, 0.15) is 27.7 Å². The second-order valence-corrected chi connectivity index (χ2v) is 12.1. The Morgan fingerprint density at radius 2 is 0.875 bits per heavy atom. The van der Waals surface area contributed by atoms with E-state index < -0.39 is 16.1 Å². The maximum atomic E-state index is 13.8. The second kappa shape index (κ2) is 14.4. The van der Waals surface area contributed by atoms with Crippen LogP contribution in [-0.2, 0) is 45.0 Å². The Balaban J connectivity index is 4.94. The molecule has 0 radical (unpaired) electrons. The number of rotatable bonds is 18. The van der Waals surface area contributed by atoms with E-state index in [0.29, 0.717) is 52.9 Å². The van der Waals surface area contributed by atoms with Crippen molar-refractivity contribution in [1.29, 1.82) is 0 Å². The average molecular weight is 388 g/mol. The minimum absolute atomic E-state index is 0.238. The standard InChI is InChI=1S/2C4H9O2.2C4H9O.O.Ti/c2*1-2-6-4-3-5;2*1-3-5-4-2;;/h2*2-4H2,1H3;2*1,3-4H2,2H3;;/q2*-1;;;;+2. The van der Waals surface area contributed by atoms with Gasteiger partial charge in [-0.05, 0) is 0 Å². The molecule has 7 nitrogen and oxygen atoms in total. The van der Waals surface area contributed by atoms with Crippen molar-refractivity contribution >= 4 is 0 Å². The zero-order valence-electron chi connectivity index (χ0n) is 15.8. The Bertz CT molecular complexity index is 317. The molecule has 0 atom stereocenters. The molecular weight excluding hydrogens is 352 g/mol. The summed E-state index contributed by atoms with van der Waals surface area (Å²) in [7, 11) is 0. The number of hydrogen-bond acceptors (Lipinski definition) is 7. The summed E-state index contributed by atoms with van der Waals surface area (Å²) >= 11 is -4.92. The Labute approximate surface area is 148 Å². The van der Waals surface area contributed by atoms with Crippen molar-refractivity contribution in [2.24, 2.45) is 0 Å². The van der Waals surface area contributed by atoms with Gasteiger partial charge in [-0.1, -0.05) is 0 Å². The Morgan fingerprint density at radius 3 is 1.21 bits per heavy atom. The van der Waals surface area contributed by atoms with Crippen LogP contribution >= 0.6 is 0 Å². The minimum atomic E-state index is -4.92. The van der Waals surface area contributed by atoms with Gasteiger partial charge in [-0.25, -0.2) is 0 Å². The molecule has 0 spiro atoms. The molecule has 0 heterocycles. The van der Waals surface area contributed by atoms with E-state index in [0.717, 1.165) is 0 Å². The van der Waals surface area contributed by atoms with Gasteiger partial charge in [0.1, 0.15) is 0 Å². The molecule has 0 aromatic rings. The van der Waals surface area contributed by atoms with Crippen LogP contribution in [0.4, 0.5) is 0 Å². The summed E-state index contributed by atoms with van der Waals surface area (Å²) in [6, 6.07) is 0. The van der Waals surface area contributed by atoms with Crippen molar-refractivity contribution in [2.75, 3.05) is 66.1 Å². The summed E-state index contributed by atoms with van der Waals surface area (Å²) in [5.41, 5.74) is 0. The quantitative estimate of drug-likeness (QED) is 0.264. The first-order valence-electron chi connectivity index (χ1n) is 9.03. The van der Waals surface area contributed by atoms with Crippen LogP contribution in [0.25, 0.3) is 0 Å². The van der Waals surface area contributed by atoms with Gasteiger partial charge in [0.2, 0.25) is 0 Å². The molecule has 0 rings (SSSR count). The Kier molecular flexibility index (Phi) is 14.6. The van der Waals surface area contributed by atoms with Crippen LogP contribution in [0.2, 0.25) is 9.45 Å². The first kappa shape index (κ1) is 24.3. The summed E-state index contributed by atoms with van der Waals surface area (Å²) in [4.78, 5) is 0. The molecule has 8 heteroatoms. The van der Waals surface area contributed by atoms with E-state index in [1.54, 1.807) is 0 Å². The average Bonchev–Trinajstić information content (AvgIpc) is 2.57. The third-order valence-corrected chi connectivity index (χ3v) is 9.88. The molecule has 0 N–H and O–H groups in total. The van der Waals surface area contributed by atoms with Gasteiger partial charge in [0.15, 0.2) is 0 Å². The van der Waals surface area contributed by atoms with Gasteiger partial charge >= 0.3 is 148 Å². The van der Waals surface area contributed by atoms with E-state index in [4.69, 9.17) is 25.6 Å². The van der Waals surface area contributed by atoms with E-state index in [1.165, 1.54) is 0 Å². The number of hydrogen-bond donors (Lipinski definition) is 0. The molecular formula is C16H36O7Ti. The Hall–Kier alpha value is 0.274. The topological polar surface area (TPSA) is 72.5 Å². The fourth-order valence-corrected chi connectivity index (χ4v) is 7.01. The molecule has 0 bridgehead atoms. The van der Waals surface area contributed by atoms with Crippen molar-refractivity contribution in [3.05, 3.63) is 0 Å². The molecule has 0 aliphatic carbocycles. The molecule has 0 unspecified atom stereocenters. The van der Waals surface area contributed by atoms with Gasteiger partial charge in [-0.3, -0.25) is 0 Å². The van der Waals surface area contributed by atoms with Crippen LogP contribution < -0.4 is 0 Å². The summed E-state index contributed by atoms with van der Waals surface area (Å²) in [5, 5.41) is 0. The van der Waals surface area contributed by atoms with Crippen LogP contribution in [0.5, 0.6) is 0 Å². The van der Waals surface area contributed by atoms with Crippen LogP contribution in [-0.4, -0.2) is 66.1 Å². The third kappa shape index (κ3) is 11.0. The first-order valence-corrected chi connectivity index (χ1v) is 13.2. The van der Waals surface area contributed by atoms with E-state index in [9.17, 15) is 3.32 Å². The molecule has 0 saturated heterocycles. The molecule has 0 saturated carbocycles. The molecule has 24 heavy (non-hydrogen) atoms. The molecule has 0 aromatic carbocycles. The van der Waals surface area contributed by atoms with Crippen molar-refractivity contribution in [3.8, 4) is 0 Å².